The van der Waals surface area contributed by atoms with Gasteiger partial charge >= 0.3 is 0 Å². The summed E-state index contributed by atoms with van der Waals surface area (Å²) in [6.45, 7) is 0. The van der Waals surface area contributed by atoms with Crippen LogP contribution in [0.1, 0.15) is 35.7 Å². The highest BCUT2D eigenvalue weighted by Gasteiger charge is 2.64. The zero-order chi connectivity index (χ0) is 20.3. The van der Waals surface area contributed by atoms with E-state index < -0.39 is 29.8 Å². The average Bonchev–Trinajstić information content (AvgIpc) is 3.35. The van der Waals surface area contributed by atoms with Crippen molar-refractivity contribution in [2.24, 2.45) is 16.6 Å². The summed E-state index contributed by atoms with van der Waals surface area (Å²) >= 11 is 3.42. The predicted molar refractivity (Wildman–Crippen MR) is 105 cm³/mol. The molecule has 2 aromatic rings. The van der Waals surface area contributed by atoms with Crippen molar-refractivity contribution in [1.29, 1.82) is 0 Å². The number of halogens is 4. The lowest BCUT2D eigenvalue weighted by atomic mass is 9.84. The molecule has 1 fully saturated rings. The molecule has 0 bridgehead atoms. The van der Waals surface area contributed by atoms with E-state index in [-0.39, 0.29) is 17.6 Å². The van der Waals surface area contributed by atoms with E-state index in [1.807, 2.05) is 6.07 Å². The molecule has 152 valence electrons. The van der Waals surface area contributed by atoms with Crippen LogP contribution in [0.5, 0.6) is 0 Å². The van der Waals surface area contributed by atoms with Gasteiger partial charge in [-0.05, 0) is 65.0 Å². The molecule has 29 heavy (non-hydrogen) atoms. The van der Waals surface area contributed by atoms with E-state index in [4.69, 9.17) is 10.5 Å². The van der Waals surface area contributed by atoms with E-state index >= 15 is 0 Å². The maximum Gasteiger partial charge on any atom is 0.283 e. The molecule has 0 amide bonds. The molecule has 5 rings (SSSR count). The lowest BCUT2D eigenvalue weighted by molar-refractivity contribution is 0.0177. The number of nitrogens with zero attached hydrogens (tertiary/aromatic N) is 2. The van der Waals surface area contributed by atoms with Crippen molar-refractivity contribution in [1.82, 2.24) is 4.98 Å². The summed E-state index contributed by atoms with van der Waals surface area (Å²) in [5, 5.41) is 3.32. The standard InChI is InChI=1S/C20H18BrF3N4O/c21-10-5-9-1-4-15(17(9)26-8-10)27-11-2-3-14(22)12(6-11)20(18(23)24)13-7-16(13)29-19(25)28-20/h2-3,5-6,8,13,15-16,18,27H,1,4,7H2,(H2,25,28)/t13?,15-,16?,20+/m0/s1. The monoisotopic (exact) mass is 466 g/mol. The minimum Gasteiger partial charge on any atom is -0.462 e. The molecule has 1 aromatic carbocycles. The van der Waals surface area contributed by atoms with Gasteiger partial charge in [0.05, 0.1) is 11.7 Å². The number of hydrogen-bond donors (Lipinski definition) is 2. The molecule has 0 saturated heterocycles. The van der Waals surface area contributed by atoms with Crippen molar-refractivity contribution >= 4 is 27.6 Å². The zero-order valence-electron chi connectivity index (χ0n) is 15.2. The molecule has 2 unspecified atom stereocenters. The van der Waals surface area contributed by atoms with E-state index in [2.05, 4.69) is 31.2 Å². The third-order valence-corrected chi connectivity index (χ3v) is 6.37. The Hall–Kier alpha value is -2.29. The first-order valence-electron chi connectivity index (χ1n) is 9.39. The molecule has 3 N–H and O–H groups in total. The van der Waals surface area contributed by atoms with Gasteiger partial charge in [-0.1, -0.05) is 0 Å². The summed E-state index contributed by atoms with van der Waals surface area (Å²) in [7, 11) is 0. The van der Waals surface area contributed by atoms with Crippen molar-refractivity contribution in [3.05, 3.63) is 57.6 Å². The Balaban J connectivity index is 1.51. The highest BCUT2D eigenvalue weighted by atomic mass is 79.9. The molecule has 2 heterocycles. The number of rotatable bonds is 4. The number of benzene rings is 1. The number of aliphatic imine (C=N–C) groups is 1. The fraction of sp³-hybridized carbons (Fsp3) is 0.400. The topological polar surface area (TPSA) is 72.5 Å². The second-order valence-electron chi connectivity index (χ2n) is 7.70. The first kappa shape index (κ1) is 18.7. The lowest BCUT2D eigenvalue weighted by Gasteiger charge is -2.33. The van der Waals surface area contributed by atoms with Crippen molar-refractivity contribution in [2.45, 2.75) is 43.4 Å². The Kier molecular flexibility index (Phi) is 4.27. The SMILES string of the molecule is NC1=N[C@@](c2cc(N[C@H]3CCc4cc(Br)cnc43)ccc2F)(C(F)F)C2CC2O1. The van der Waals surface area contributed by atoms with Crippen molar-refractivity contribution in [3.8, 4) is 0 Å². The molecular weight excluding hydrogens is 449 g/mol. The number of amidine groups is 1. The maximum absolute atomic E-state index is 14.7. The fourth-order valence-corrected chi connectivity index (χ4v) is 4.88. The number of nitrogens with one attached hydrogen (secondary N) is 1. The van der Waals surface area contributed by atoms with E-state index in [0.717, 1.165) is 28.6 Å². The number of pyridine rings is 1. The van der Waals surface area contributed by atoms with Crippen molar-refractivity contribution < 1.29 is 17.9 Å². The molecule has 1 aromatic heterocycles. The summed E-state index contributed by atoms with van der Waals surface area (Å²) in [5.41, 5.74) is 6.04. The van der Waals surface area contributed by atoms with E-state index in [9.17, 15) is 13.2 Å². The van der Waals surface area contributed by atoms with Crippen LogP contribution in [-0.2, 0) is 16.7 Å². The normalized spacial score (nSPS) is 29.7. The minimum atomic E-state index is -2.91. The summed E-state index contributed by atoms with van der Waals surface area (Å²) < 4.78 is 49.4. The highest BCUT2D eigenvalue weighted by molar-refractivity contribution is 9.10. The quantitative estimate of drug-likeness (QED) is 0.705. The summed E-state index contributed by atoms with van der Waals surface area (Å²) in [4.78, 5) is 8.40. The number of anilines is 1. The van der Waals surface area contributed by atoms with E-state index in [1.165, 1.54) is 12.1 Å². The average molecular weight is 467 g/mol. The zero-order valence-corrected chi connectivity index (χ0v) is 16.8. The second kappa shape index (κ2) is 6.62. The van der Waals surface area contributed by atoms with Crippen LogP contribution in [0.15, 0.2) is 39.9 Å². The van der Waals surface area contributed by atoms with Gasteiger partial charge in [-0.15, -0.1) is 0 Å². The van der Waals surface area contributed by atoms with Crippen LogP contribution in [0.4, 0.5) is 18.9 Å². The molecule has 0 radical (unpaired) electrons. The number of ether oxygens (including phenoxy) is 1. The summed E-state index contributed by atoms with van der Waals surface area (Å²) in [6.07, 6.45) is 0.428. The van der Waals surface area contributed by atoms with Gasteiger partial charge in [0.15, 0.2) is 5.54 Å². The molecule has 2 aliphatic carbocycles. The Labute approximate surface area is 173 Å². The first-order valence-corrected chi connectivity index (χ1v) is 10.2. The first-order chi connectivity index (χ1) is 13.9. The van der Waals surface area contributed by atoms with Gasteiger partial charge in [0.2, 0.25) is 0 Å². The van der Waals surface area contributed by atoms with Crippen LogP contribution in [-0.4, -0.2) is 23.5 Å². The van der Waals surface area contributed by atoms with E-state index in [1.54, 1.807) is 12.3 Å². The number of nitrogens with two attached hydrogens (primary N) is 1. The fourth-order valence-electron chi connectivity index (χ4n) is 4.51. The summed E-state index contributed by atoms with van der Waals surface area (Å²) in [6, 6.07) is 5.81. The van der Waals surface area contributed by atoms with Crippen LogP contribution in [0.3, 0.4) is 0 Å². The largest absolute Gasteiger partial charge is 0.462 e. The van der Waals surface area contributed by atoms with Gasteiger partial charge in [0, 0.05) is 27.8 Å². The van der Waals surface area contributed by atoms with Crippen LogP contribution in [0, 0.1) is 11.7 Å². The smallest absolute Gasteiger partial charge is 0.283 e. The molecule has 0 spiro atoms. The minimum absolute atomic E-state index is 0.0733. The molecule has 1 saturated carbocycles. The van der Waals surface area contributed by atoms with Gasteiger partial charge in [0.1, 0.15) is 11.9 Å². The molecule has 5 nitrogen and oxygen atoms in total. The molecular formula is C20H18BrF3N4O. The van der Waals surface area contributed by atoms with Crippen molar-refractivity contribution in [3.63, 3.8) is 0 Å². The van der Waals surface area contributed by atoms with Crippen LogP contribution in [0.25, 0.3) is 0 Å². The Morgan fingerprint density at radius 2 is 2.14 bits per heavy atom. The number of alkyl halides is 2. The summed E-state index contributed by atoms with van der Waals surface area (Å²) in [5.74, 6) is -1.32. The lowest BCUT2D eigenvalue weighted by Crippen LogP contribution is -2.43. The molecule has 4 atom stereocenters. The predicted octanol–water partition coefficient (Wildman–Crippen LogP) is 4.28. The maximum atomic E-state index is 14.7. The highest BCUT2D eigenvalue weighted by Crippen LogP contribution is 2.56. The van der Waals surface area contributed by atoms with Crippen LogP contribution >= 0.6 is 15.9 Å². The van der Waals surface area contributed by atoms with Gasteiger partial charge in [-0.3, -0.25) is 4.98 Å². The third kappa shape index (κ3) is 2.97. The number of hydrogen-bond acceptors (Lipinski definition) is 5. The Bertz CT molecular complexity index is 1020. The Morgan fingerprint density at radius 3 is 2.93 bits per heavy atom. The molecule has 9 heteroatoms. The van der Waals surface area contributed by atoms with E-state index in [0.29, 0.717) is 12.1 Å². The third-order valence-electron chi connectivity index (χ3n) is 5.94. The van der Waals surface area contributed by atoms with Gasteiger partial charge in [-0.25, -0.2) is 18.2 Å². The van der Waals surface area contributed by atoms with Crippen LogP contribution < -0.4 is 11.1 Å². The van der Waals surface area contributed by atoms with Gasteiger partial charge in [0.25, 0.3) is 12.4 Å². The number of fused-ring (bicyclic) bond motifs is 2. The number of aryl methyl sites for hydroxylation is 1. The van der Waals surface area contributed by atoms with Gasteiger partial charge in [-0.2, -0.15) is 0 Å². The molecule has 3 aliphatic rings. The van der Waals surface area contributed by atoms with Crippen molar-refractivity contribution in [2.75, 3.05) is 5.32 Å². The Morgan fingerprint density at radius 1 is 1.31 bits per heavy atom. The number of aromatic nitrogens is 1. The van der Waals surface area contributed by atoms with Crippen LogP contribution in [0.2, 0.25) is 0 Å². The van der Waals surface area contributed by atoms with Gasteiger partial charge < -0.3 is 15.8 Å². The molecule has 1 aliphatic heterocycles. The second-order valence-corrected chi connectivity index (χ2v) is 8.62.